The Morgan fingerprint density at radius 3 is 2.33 bits per heavy atom. The van der Waals surface area contributed by atoms with Gasteiger partial charge >= 0.3 is 0 Å². The minimum Gasteiger partial charge on any atom is -0.381 e. The zero-order valence-corrected chi connectivity index (χ0v) is 14.0. The van der Waals surface area contributed by atoms with Crippen molar-refractivity contribution in [1.82, 2.24) is 5.32 Å². The molecule has 4 saturated carbocycles. The molecule has 0 aromatic heterocycles. The first-order chi connectivity index (χ1) is 10.1. The van der Waals surface area contributed by atoms with Crippen LogP contribution in [0.1, 0.15) is 65.2 Å². The molecule has 5 rings (SSSR count). The first-order valence-corrected chi connectivity index (χ1v) is 9.44. The molecule has 1 saturated heterocycles. The molecule has 4 aliphatic carbocycles. The van der Waals surface area contributed by atoms with Crippen LogP contribution in [0.5, 0.6) is 0 Å². The number of ether oxygens (including phenoxy) is 1. The number of hydrogen-bond donors (Lipinski definition) is 1. The monoisotopic (exact) mass is 291 g/mol. The normalized spacial score (nSPS) is 47.7. The minimum absolute atomic E-state index is 0.622. The third-order valence-electron chi connectivity index (χ3n) is 7.22. The Balaban J connectivity index is 1.61. The highest BCUT2D eigenvalue weighted by Gasteiger charge is 2.59. The van der Waals surface area contributed by atoms with Crippen LogP contribution in [0.15, 0.2) is 0 Å². The fourth-order valence-corrected chi connectivity index (χ4v) is 7.31. The van der Waals surface area contributed by atoms with Crippen molar-refractivity contribution in [2.45, 2.75) is 71.3 Å². The number of nitrogens with one attached hydrogen (secondary N) is 1. The van der Waals surface area contributed by atoms with Crippen LogP contribution < -0.4 is 5.32 Å². The second-order valence-corrected chi connectivity index (χ2v) is 9.12. The summed E-state index contributed by atoms with van der Waals surface area (Å²) in [6.45, 7) is 8.02. The van der Waals surface area contributed by atoms with Crippen LogP contribution in [0.3, 0.4) is 0 Å². The Hall–Kier alpha value is -0.0800. The van der Waals surface area contributed by atoms with E-state index in [0.29, 0.717) is 10.8 Å². The maximum absolute atomic E-state index is 5.64. The van der Waals surface area contributed by atoms with Crippen LogP contribution in [0.25, 0.3) is 0 Å². The molecule has 5 fully saturated rings. The molecule has 2 nitrogen and oxygen atoms in total. The molecule has 1 aliphatic heterocycles. The van der Waals surface area contributed by atoms with E-state index in [2.05, 4.69) is 19.2 Å². The fourth-order valence-electron chi connectivity index (χ4n) is 7.31. The van der Waals surface area contributed by atoms with Crippen molar-refractivity contribution in [2.75, 3.05) is 19.8 Å². The lowest BCUT2D eigenvalue weighted by atomic mass is 9.42. The third kappa shape index (κ3) is 2.47. The molecule has 1 heterocycles. The van der Waals surface area contributed by atoms with Gasteiger partial charge in [0.1, 0.15) is 0 Å². The average Bonchev–Trinajstić information content (AvgIpc) is 2.43. The lowest BCUT2D eigenvalue weighted by Gasteiger charge is -2.64. The Bertz CT molecular complexity index is 373. The van der Waals surface area contributed by atoms with Gasteiger partial charge in [-0.3, -0.25) is 0 Å². The van der Waals surface area contributed by atoms with Crippen LogP contribution in [0.4, 0.5) is 0 Å². The van der Waals surface area contributed by atoms with Crippen molar-refractivity contribution in [3.8, 4) is 0 Å². The first kappa shape index (κ1) is 14.5. The number of hydrogen-bond acceptors (Lipinski definition) is 2. The molecule has 2 heteroatoms. The molecule has 3 unspecified atom stereocenters. The fraction of sp³-hybridized carbons (Fsp3) is 1.00. The van der Waals surface area contributed by atoms with Crippen molar-refractivity contribution in [2.24, 2.45) is 28.6 Å². The predicted molar refractivity (Wildman–Crippen MR) is 86.2 cm³/mol. The van der Waals surface area contributed by atoms with E-state index in [1.165, 1.54) is 44.9 Å². The summed E-state index contributed by atoms with van der Waals surface area (Å²) in [5.74, 6) is 2.94. The van der Waals surface area contributed by atoms with Gasteiger partial charge in [0.2, 0.25) is 0 Å². The molecule has 0 aromatic rings. The van der Waals surface area contributed by atoms with Crippen LogP contribution in [-0.2, 0) is 4.74 Å². The summed E-state index contributed by atoms with van der Waals surface area (Å²) in [4.78, 5) is 0. The van der Waals surface area contributed by atoms with E-state index in [-0.39, 0.29) is 0 Å². The van der Waals surface area contributed by atoms with Gasteiger partial charge in [-0.1, -0.05) is 13.8 Å². The summed E-state index contributed by atoms with van der Waals surface area (Å²) >= 11 is 0. The summed E-state index contributed by atoms with van der Waals surface area (Å²) < 4.78 is 5.64. The summed E-state index contributed by atoms with van der Waals surface area (Å²) in [5.41, 5.74) is 1.29. The van der Waals surface area contributed by atoms with Gasteiger partial charge in [-0.2, -0.15) is 0 Å². The number of rotatable bonds is 4. The Kier molecular flexibility index (Phi) is 3.61. The Morgan fingerprint density at radius 2 is 1.76 bits per heavy atom. The van der Waals surface area contributed by atoms with Crippen molar-refractivity contribution >= 4 is 0 Å². The summed E-state index contributed by atoms with van der Waals surface area (Å²) in [5, 5.41) is 3.97. The maximum atomic E-state index is 5.64. The Labute approximate surface area is 130 Å². The lowest BCUT2D eigenvalue weighted by molar-refractivity contribution is -0.131. The van der Waals surface area contributed by atoms with E-state index in [9.17, 15) is 0 Å². The molecule has 0 radical (unpaired) electrons. The van der Waals surface area contributed by atoms with Gasteiger partial charge in [-0.05, 0) is 86.5 Å². The van der Waals surface area contributed by atoms with E-state index in [1.54, 1.807) is 6.42 Å². The zero-order valence-electron chi connectivity index (χ0n) is 14.0. The van der Waals surface area contributed by atoms with Crippen molar-refractivity contribution in [1.29, 1.82) is 0 Å². The topological polar surface area (TPSA) is 21.3 Å². The van der Waals surface area contributed by atoms with Crippen LogP contribution in [-0.4, -0.2) is 25.8 Å². The van der Waals surface area contributed by atoms with Gasteiger partial charge in [0.05, 0.1) is 0 Å². The molecule has 4 bridgehead atoms. The molecule has 120 valence electrons. The van der Waals surface area contributed by atoms with Gasteiger partial charge < -0.3 is 10.1 Å². The van der Waals surface area contributed by atoms with Gasteiger partial charge in [0, 0.05) is 19.3 Å². The van der Waals surface area contributed by atoms with Crippen molar-refractivity contribution in [3.63, 3.8) is 0 Å². The lowest BCUT2D eigenvalue weighted by Crippen LogP contribution is -2.61. The van der Waals surface area contributed by atoms with Gasteiger partial charge in [-0.15, -0.1) is 0 Å². The summed E-state index contributed by atoms with van der Waals surface area (Å²) in [6, 6.07) is 0.761. The largest absolute Gasteiger partial charge is 0.381 e. The summed E-state index contributed by atoms with van der Waals surface area (Å²) in [7, 11) is 0. The molecule has 0 spiro atoms. The zero-order chi connectivity index (χ0) is 14.5. The molecule has 0 aromatic carbocycles. The molecule has 0 amide bonds. The first-order valence-electron chi connectivity index (χ1n) is 9.44. The van der Waals surface area contributed by atoms with Crippen molar-refractivity contribution < 1.29 is 4.74 Å². The standard InChI is InChI=1S/C19H33NO/c1-3-20-17(16-4-6-21-7-5-16)19-11-14-8-15(12-19)10-18(2,9-14)13-19/h14-17,20H,3-13H2,1-2H3. The predicted octanol–water partition coefficient (Wildman–Crippen LogP) is 4.00. The van der Waals surface area contributed by atoms with Gasteiger partial charge in [0.25, 0.3) is 0 Å². The Morgan fingerprint density at radius 1 is 1.10 bits per heavy atom. The maximum Gasteiger partial charge on any atom is 0.0469 e. The van der Waals surface area contributed by atoms with Crippen LogP contribution in [0, 0.1) is 28.6 Å². The third-order valence-corrected chi connectivity index (χ3v) is 7.22. The van der Waals surface area contributed by atoms with E-state index in [1.807, 2.05) is 0 Å². The summed E-state index contributed by atoms with van der Waals surface area (Å²) in [6.07, 6.45) is 11.7. The molecule has 1 N–H and O–H groups in total. The van der Waals surface area contributed by atoms with E-state index < -0.39 is 0 Å². The van der Waals surface area contributed by atoms with Gasteiger partial charge in [0.15, 0.2) is 0 Å². The van der Waals surface area contributed by atoms with Crippen LogP contribution >= 0.6 is 0 Å². The smallest absolute Gasteiger partial charge is 0.0469 e. The second-order valence-electron chi connectivity index (χ2n) is 9.12. The van der Waals surface area contributed by atoms with Crippen LogP contribution in [0.2, 0.25) is 0 Å². The highest BCUT2D eigenvalue weighted by molar-refractivity contribution is 5.11. The van der Waals surface area contributed by atoms with E-state index in [4.69, 9.17) is 4.74 Å². The highest BCUT2D eigenvalue weighted by atomic mass is 16.5. The minimum atomic E-state index is 0.622. The van der Waals surface area contributed by atoms with E-state index in [0.717, 1.165) is 43.6 Å². The highest BCUT2D eigenvalue weighted by Crippen LogP contribution is 2.66. The van der Waals surface area contributed by atoms with E-state index >= 15 is 0 Å². The molecular formula is C19H33NO. The molecule has 5 aliphatic rings. The average molecular weight is 291 g/mol. The molecule has 21 heavy (non-hydrogen) atoms. The quantitative estimate of drug-likeness (QED) is 0.845. The SMILES string of the molecule is CCNC(C1CCOCC1)C12CC3CC(CC(C)(C3)C1)C2. The molecular weight excluding hydrogens is 258 g/mol. The second kappa shape index (κ2) is 5.23. The van der Waals surface area contributed by atoms with Gasteiger partial charge in [-0.25, -0.2) is 0 Å². The van der Waals surface area contributed by atoms with Crippen molar-refractivity contribution in [3.05, 3.63) is 0 Å². The molecule has 3 atom stereocenters.